The van der Waals surface area contributed by atoms with E-state index in [0.29, 0.717) is 5.02 Å². The SMILES string of the molecule is Sc1cc(Cl)c(S)s1. The van der Waals surface area contributed by atoms with Crippen LogP contribution in [-0.2, 0) is 0 Å². The van der Waals surface area contributed by atoms with Crippen LogP contribution in [0.4, 0.5) is 0 Å². The highest BCUT2D eigenvalue weighted by Crippen LogP contribution is 2.31. The molecule has 0 unspecified atom stereocenters. The van der Waals surface area contributed by atoms with E-state index in [1.165, 1.54) is 11.3 Å². The summed E-state index contributed by atoms with van der Waals surface area (Å²) in [5, 5.41) is 0.684. The van der Waals surface area contributed by atoms with Crippen molar-refractivity contribution in [1.29, 1.82) is 0 Å². The summed E-state index contributed by atoms with van der Waals surface area (Å²) < 4.78 is 1.73. The minimum Gasteiger partial charge on any atom is -0.133 e. The van der Waals surface area contributed by atoms with Gasteiger partial charge < -0.3 is 0 Å². The predicted molar refractivity (Wildman–Crippen MR) is 43.8 cm³/mol. The van der Waals surface area contributed by atoms with Gasteiger partial charge in [0.1, 0.15) is 0 Å². The zero-order chi connectivity index (χ0) is 6.15. The van der Waals surface area contributed by atoms with Gasteiger partial charge in [-0.1, -0.05) is 11.6 Å². The van der Waals surface area contributed by atoms with Gasteiger partial charge in [-0.05, 0) is 6.07 Å². The quantitative estimate of drug-likeness (QED) is 0.567. The van der Waals surface area contributed by atoms with Crippen LogP contribution < -0.4 is 0 Å². The van der Waals surface area contributed by atoms with Crippen LogP contribution in [0.3, 0.4) is 0 Å². The van der Waals surface area contributed by atoms with Crippen LogP contribution in [0.1, 0.15) is 0 Å². The normalized spacial score (nSPS) is 9.88. The van der Waals surface area contributed by atoms with Crippen molar-refractivity contribution in [3.05, 3.63) is 11.1 Å². The summed E-state index contributed by atoms with van der Waals surface area (Å²) in [7, 11) is 0. The first-order chi connectivity index (χ1) is 3.70. The summed E-state index contributed by atoms with van der Waals surface area (Å²) in [4.78, 5) is 0. The molecule has 0 saturated carbocycles. The molecule has 0 spiro atoms. The summed E-state index contributed by atoms with van der Waals surface area (Å²) in [6.07, 6.45) is 0. The fraction of sp³-hybridized carbons (Fsp3) is 0. The fourth-order valence-corrected chi connectivity index (χ4v) is 2.22. The maximum absolute atomic E-state index is 5.61. The molecular formula is C4H3ClS3. The molecule has 1 rings (SSSR count). The van der Waals surface area contributed by atoms with Gasteiger partial charge in [0.05, 0.1) is 13.4 Å². The van der Waals surface area contributed by atoms with Crippen LogP contribution in [0.15, 0.2) is 14.5 Å². The van der Waals surface area contributed by atoms with Crippen molar-refractivity contribution in [2.24, 2.45) is 0 Å². The third kappa shape index (κ3) is 1.35. The van der Waals surface area contributed by atoms with Gasteiger partial charge in [0, 0.05) is 0 Å². The number of hydrogen-bond acceptors (Lipinski definition) is 3. The summed E-state index contributed by atoms with van der Waals surface area (Å²) in [6.45, 7) is 0. The Labute approximate surface area is 67.7 Å². The number of halogens is 1. The first-order valence-corrected chi connectivity index (χ1v) is 3.96. The number of hydrogen-bond donors (Lipinski definition) is 2. The highest BCUT2D eigenvalue weighted by atomic mass is 35.5. The number of thiophene rings is 1. The Balaban J connectivity index is 3.14. The predicted octanol–water partition coefficient (Wildman–Crippen LogP) is 2.98. The van der Waals surface area contributed by atoms with E-state index in [0.717, 1.165) is 8.42 Å². The lowest BCUT2D eigenvalue weighted by Crippen LogP contribution is -1.45. The monoisotopic (exact) mass is 182 g/mol. The smallest absolute Gasteiger partial charge is 0.0766 e. The van der Waals surface area contributed by atoms with Crippen LogP contribution in [0.25, 0.3) is 0 Å². The van der Waals surface area contributed by atoms with E-state index >= 15 is 0 Å². The molecule has 0 saturated heterocycles. The molecule has 8 heavy (non-hydrogen) atoms. The van der Waals surface area contributed by atoms with Gasteiger partial charge in [0.25, 0.3) is 0 Å². The Morgan fingerprint density at radius 2 is 2.12 bits per heavy atom. The topological polar surface area (TPSA) is 0 Å². The van der Waals surface area contributed by atoms with Gasteiger partial charge in [0.2, 0.25) is 0 Å². The standard InChI is InChI=1S/C4H3ClS3/c5-2-1-3(6)8-4(2)7/h1,6-7H. The van der Waals surface area contributed by atoms with Crippen molar-refractivity contribution in [3.63, 3.8) is 0 Å². The Kier molecular flexibility index (Phi) is 2.14. The average Bonchev–Trinajstić information content (AvgIpc) is 1.85. The molecule has 0 aromatic carbocycles. The molecule has 1 aromatic rings. The van der Waals surface area contributed by atoms with Crippen molar-refractivity contribution in [1.82, 2.24) is 0 Å². The molecule has 0 aliphatic carbocycles. The van der Waals surface area contributed by atoms with E-state index < -0.39 is 0 Å². The van der Waals surface area contributed by atoms with E-state index in [-0.39, 0.29) is 0 Å². The molecular weight excluding hydrogens is 180 g/mol. The molecule has 0 N–H and O–H groups in total. The highest BCUT2D eigenvalue weighted by Gasteiger charge is 1.97. The first kappa shape index (κ1) is 6.81. The van der Waals surface area contributed by atoms with Crippen molar-refractivity contribution < 1.29 is 0 Å². The maximum atomic E-state index is 5.61. The molecule has 4 heteroatoms. The van der Waals surface area contributed by atoms with Gasteiger partial charge in [-0.25, -0.2) is 0 Å². The minimum atomic E-state index is 0.684. The summed E-state index contributed by atoms with van der Waals surface area (Å²) in [6, 6.07) is 1.78. The summed E-state index contributed by atoms with van der Waals surface area (Å²) >= 11 is 15.2. The molecule has 1 aromatic heterocycles. The van der Waals surface area contributed by atoms with E-state index in [1.807, 2.05) is 0 Å². The van der Waals surface area contributed by atoms with E-state index in [1.54, 1.807) is 6.07 Å². The van der Waals surface area contributed by atoms with Gasteiger partial charge in [-0.2, -0.15) is 0 Å². The van der Waals surface area contributed by atoms with Crippen molar-refractivity contribution in [2.45, 2.75) is 8.42 Å². The first-order valence-electron chi connectivity index (χ1n) is 1.87. The maximum Gasteiger partial charge on any atom is 0.0766 e. The molecule has 44 valence electrons. The summed E-state index contributed by atoms with van der Waals surface area (Å²) in [5.74, 6) is 0. The molecule has 0 atom stereocenters. The molecule has 1 heterocycles. The average molecular weight is 183 g/mol. The van der Waals surface area contributed by atoms with Gasteiger partial charge in [-0.3, -0.25) is 0 Å². The van der Waals surface area contributed by atoms with Gasteiger partial charge in [0.15, 0.2) is 0 Å². The summed E-state index contributed by atoms with van der Waals surface area (Å²) in [5.41, 5.74) is 0. The molecule has 0 nitrogen and oxygen atoms in total. The Morgan fingerprint density at radius 1 is 1.50 bits per heavy atom. The zero-order valence-corrected chi connectivity index (χ0v) is 7.12. The molecule has 0 amide bonds. The molecule has 0 radical (unpaired) electrons. The second-order valence-electron chi connectivity index (χ2n) is 1.24. The lowest BCUT2D eigenvalue weighted by molar-refractivity contribution is 1.70. The third-order valence-electron chi connectivity index (χ3n) is 0.656. The zero-order valence-electron chi connectivity index (χ0n) is 3.76. The Hall–Kier alpha value is 0.690. The van der Waals surface area contributed by atoms with Crippen LogP contribution in [0.5, 0.6) is 0 Å². The second-order valence-corrected chi connectivity index (χ2v) is 4.23. The molecule has 0 fully saturated rings. The lowest BCUT2D eigenvalue weighted by atomic mass is 10.7. The number of thiol groups is 2. The van der Waals surface area contributed by atoms with Crippen LogP contribution in [0.2, 0.25) is 5.02 Å². The highest BCUT2D eigenvalue weighted by molar-refractivity contribution is 7.85. The Bertz CT molecular complexity index is 174. The van der Waals surface area contributed by atoms with Crippen LogP contribution in [0, 0.1) is 0 Å². The fourth-order valence-electron chi connectivity index (χ4n) is 0.347. The minimum absolute atomic E-state index is 0.684. The van der Waals surface area contributed by atoms with E-state index in [2.05, 4.69) is 25.3 Å². The van der Waals surface area contributed by atoms with Gasteiger partial charge >= 0.3 is 0 Å². The van der Waals surface area contributed by atoms with E-state index in [9.17, 15) is 0 Å². The number of rotatable bonds is 0. The van der Waals surface area contributed by atoms with E-state index in [4.69, 9.17) is 11.6 Å². The second kappa shape index (κ2) is 2.52. The molecule has 0 aliphatic heterocycles. The van der Waals surface area contributed by atoms with Crippen molar-refractivity contribution >= 4 is 48.2 Å². The molecule has 0 bridgehead atoms. The van der Waals surface area contributed by atoms with Crippen molar-refractivity contribution in [3.8, 4) is 0 Å². The third-order valence-corrected chi connectivity index (χ3v) is 2.86. The van der Waals surface area contributed by atoms with Crippen LogP contribution in [-0.4, -0.2) is 0 Å². The largest absolute Gasteiger partial charge is 0.133 e. The van der Waals surface area contributed by atoms with Crippen molar-refractivity contribution in [2.75, 3.05) is 0 Å². The van der Waals surface area contributed by atoms with Gasteiger partial charge in [-0.15, -0.1) is 36.6 Å². The molecule has 0 aliphatic rings. The Morgan fingerprint density at radius 3 is 2.25 bits per heavy atom. The van der Waals surface area contributed by atoms with Crippen LogP contribution >= 0.6 is 48.2 Å². The lowest BCUT2D eigenvalue weighted by Gasteiger charge is -1.75.